The molecule has 2 atom stereocenters. The SMILES string of the molecule is O=C1NCC2C1CCCN2C(=O)c1ccccc1O. The zero-order valence-electron chi connectivity index (χ0n) is 10.5. The minimum atomic E-state index is -0.190. The molecule has 2 fully saturated rings. The van der Waals surface area contributed by atoms with E-state index in [-0.39, 0.29) is 29.5 Å². The number of para-hydroxylation sites is 1. The maximum absolute atomic E-state index is 12.5. The first-order valence-corrected chi connectivity index (χ1v) is 6.55. The molecule has 0 saturated carbocycles. The molecule has 2 amide bonds. The molecule has 2 aliphatic heterocycles. The van der Waals surface area contributed by atoms with Crippen molar-refractivity contribution in [2.75, 3.05) is 13.1 Å². The van der Waals surface area contributed by atoms with E-state index < -0.39 is 0 Å². The lowest BCUT2D eigenvalue weighted by Crippen LogP contribution is -2.48. The first-order valence-electron chi connectivity index (χ1n) is 6.55. The lowest BCUT2D eigenvalue weighted by atomic mass is 9.91. The summed E-state index contributed by atoms with van der Waals surface area (Å²) in [6, 6.07) is 6.46. The molecule has 19 heavy (non-hydrogen) atoms. The van der Waals surface area contributed by atoms with Crippen LogP contribution in [-0.2, 0) is 4.79 Å². The first kappa shape index (κ1) is 12.0. The minimum Gasteiger partial charge on any atom is -0.507 e. The molecule has 5 heteroatoms. The van der Waals surface area contributed by atoms with E-state index in [0.29, 0.717) is 18.7 Å². The molecule has 5 nitrogen and oxygen atoms in total. The number of carbonyl (C=O) groups is 2. The molecular formula is C14H16N2O3. The molecule has 3 rings (SSSR count). The van der Waals surface area contributed by atoms with Gasteiger partial charge in [-0.3, -0.25) is 9.59 Å². The van der Waals surface area contributed by atoms with Crippen LogP contribution in [0.25, 0.3) is 0 Å². The summed E-state index contributed by atoms with van der Waals surface area (Å²) in [6.45, 7) is 1.16. The number of amides is 2. The molecule has 1 aromatic rings. The highest BCUT2D eigenvalue weighted by Gasteiger charge is 2.42. The number of hydrogen-bond donors (Lipinski definition) is 2. The van der Waals surface area contributed by atoms with Gasteiger partial charge in [-0.15, -0.1) is 0 Å². The number of piperidine rings is 1. The van der Waals surface area contributed by atoms with Gasteiger partial charge in [0.2, 0.25) is 5.91 Å². The number of aromatic hydroxyl groups is 1. The summed E-state index contributed by atoms with van der Waals surface area (Å²) in [6.07, 6.45) is 1.66. The molecule has 1 aromatic carbocycles. The smallest absolute Gasteiger partial charge is 0.257 e. The molecule has 2 unspecified atom stereocenters. The number of fused-ring (bicyclic) bond motifs is 1. The average molecular weight is 260 g/mol. The van der Waals surface area contributed by atoms with E-state index in [9.17, 15) is 14.7 Å². The van der Waals surface area contributed by atoms with Gasteiger partial charge in [0, 0.05) is 13.1 Å². The molecule has 0 spiro atoms. The standard InChI is InChI=1S/C14H16N2O3/c17-12-6-2-1-4-10(12)14(19)16-7-3-5-9-11(16)8-15-13(9)18/h1-2,4,6,9,11,17H,3,5,7-8H2,(H,15,18). The lowest BCUT2D eigenvalue weighted by Gasteiger charge is -2.36. The third-order valence-corrected chi connectivity index (χ3v) is 4.00. The normalized spacial score (nSPS) is 25.9. The van der Waals surface area contributed by atoms with Crippen molar-refractivity contribution in [3.05, 3.63) is 29.8 Å². The quantitative estimate of drug-likeness (QED) is 0.782. The van der Waals surface area contributed by atoms with Crippen LogP contribution in [0.3, 0.4) is 0 Å². The number of carbonyl (C=O) groups excluding carboxylic acids is 2. The van der Waals surface area contributed by atoms with Gasteiger partial charge in [-0.25, -0.2) is 0 Å². The van der Waals surface area contributed by atoms with E-state index in [0.717, 1.165) is 12.8 Å². The number of nitrogens with one attached hydrogen (secondary N) is 1. The second-order valence-corrected chi connectivity index (χ2v) is 5.08. The van der Waals surface area contributed by atoms with E-state index in [1.165, 1.54) is 6.07 Å². The van der Waals surface area contributed by atoms with Crippen molar-refractivity contribution in [1.29, 1.82) is 0 Å². The highest BCUT2D eigenvalue weighted by atomic mass is 16.3. The lowest BCUT2D eigenvalue weighted by molar-refractivity contribution is -0.123. The predicted octanol–water partition coefficient (Wildman–Crippen LogP) is 0.743. The molecule has 0 aliphatic carbocycles. The van der Waals surface area contributed by atoms with Crippen molar-refractivity contribution in [1.82, 2.24) is 10.2 Å². The van der Waals surface area contributed by atoms with Gasteiger partial charge in [-0.2, -0.15) is 0 Å². The van der Waals surface area contributed by atoms with Crippen LogP contribution in [0, 0.1) is 5.92 Å². The Labute approximate surface area is 111 Å². The summed E-state index contributed by atoms with van der Waals surface area (Å²) in [5.74, 6) is -0.250. The fourth-order valence-corrected chi connectivity index (χ4v) is 3.01. The third kappa shape index (κ3) is 1.95. The average Bonchev–Trinajstić information content (AvgIpc) is 2.80. The summed E-state index contributed by atoms with van der Waals surface area (Å²) in [5, 5.41) is 12.6. The summed E-state index contributed by atoms with van der Waals surface area (Å²) in [5.41, 5.74) is 0.308. The fraction of sp³-hybridized carbons (Fsp3) is 0.429. The van der Waals surface area contributed by atoms with E-state index in [1.54, 1.807) is 23.1 Å². The van der Waals surface area contributed by atoms with Gasteiger partial charge in [0.05, 0.1) is 17.5 Å². The first-order chi connectivity index (χ1) is 9.18. The predicted molar refractivity (Wildman–Crippen MR) is 68.7 cm³/mol. The van der Waals surface area contributed by atoms with Crippen LogP contribution >= 0.6 is 0 Å². The Kier molecular flexibility index (Phi) is 2.89. The highest BCUT2D eigenvalue weighted by molar-refractivity contribution is 5.97. The Morgan fingerprint density at radius 3 is 2.95 bits per heavy atom. The van der Waals surface area contributed by atoms with Crippen LogP contribution in [0.1, 0.15) is 23.2 Å². The molecule has 0 bridgehead atoms. The number of rotatable bonds is 1. The molecular weight excluding hydrogens is 244 g/mol. The van der Waals surface area contributed by atoms with Crippen LogP contribution < -0.4 is 5.32 Å². The summed E-state index contributed by atoms with van der Waals surface area (Å²) in [4.78, 5) is 25.9. The highest BCUT2D eigenvalue weighted by Crippen LogP contribution is 2.30. The third-order valence-electron chi connectivity index (χ3n) is 4.00. The Morgan fingerprint density at radius 2 is 2.16 bits per heavy atom. The van der Waals surface area contributed by atoms with E-state index >= 15 is 0 Å². The van der Waals surface area contributed by atoms with E-state index in [2.05, 4.69) is 5.32 Å². The van der Waals surface area contributed by atoms with Crippen molar-refractivity contribution in [3.8, 4) is 5.75 Å². The van der Waals surface area contributed by atoms with Crippen molar-refractivity contribution < 1.29 is 14.7 Å². The number of phenols is 1. The Balaban J connectivity index is 1.87. The topological polar surface area (TPSA) is 69.6 Å². The molecule has 2 N–H and O–H groups in total. The Morgan fingerprint density at radius 1 is 1.37 bits per heavy atom. The van der Waals surface area contributed by atoms with Gasteiger partial charge in [0.15, 0.2) is 0 Å². The molecule has 0 radical (unpaired) electrons. The molecule has 2 saturated heterocycles. The number of phenolic OH excluding ortho intramolecular Hbond substituents is 1. The van der Waals surface area contributed by atoms with Gasteiger partial charge in [-0.1, -0.05) is 12.1 Å². The van der Waals surface area contributed by atoms with Crippen LogP contribution in [0.2, 0.25) is 0 Å². The zero-order valence-corrected chi connectivity index (χ0v) is 10.5. The van der Waals surface area contributed by atoms with Gasteiger partial charge >= 0.3 is 0 Å². The maximum Gasteiger partial charge on any atom is 0.257 e. The Bertz CT molecular complexity index is 529. The fourth-order valence-electron chi connectivity index (χ4n) is 3.01. The van der Waals surface area contributed by atoms with Crippen LogP contribution in [-0.4, -0.2) is 41.0 Å². The monoisotopic (exact) mass is 260 g/mol. The number of benzene rings is 1. The number of hydrogen-bond acceptors (Lipinski definition) is 3. The van der Waals surface area contributed by atoms with Gasteiger partial charge in [-0.05, 0) is 25.0 Å². The minimum absolute atomic E-state index is 0.00749. The number of nitrogens with zero attached hydrogens (tertiary/aromatic N) is 1. The summed E-state index contributed by atoms with van der Waals surface area (Å²) < 4.78 is 0. The maximum atomic E-state index is 12.5. The van der Waals surface area contributed by atoms with Crippen molar-refractivity contribution in [2.24, 2.45) is 5.92 Å². The van der Waals surface area contributed by atoms with Crippen molar-refractivity contribution in [3.63, 3.8) is 0 Å². The van der Waals surface area contributed by atoms with E-state index in [1.807, 2.05) is 0 Å². The second-order valence-electron chi connectivity index (χ2n) is 5.08. The van der Waals surface area contributed by atoms with Crippen LogP contribution in [0.15, 0.2) is 24.3 Å². The largest absolute Gasteiger partial charge is 0.507 e. The molecule has 100 valence electrons. The summed E-state index contributed by atoms with van der Waals surface area (Å²) >= 11 is 0. The van der Waals surface area contributed by atoms with Crippen molar-refractivity contribution in [2.45, 2.75) is 18.9 Å². The van der Waals surface area contributed by atoms with Gasteiger partial charge < -0.3 is 15.3 Å². The van der Waals surface area contributed by atoms with E-state index in [4.69, 9.17) is 0 Å². The molecule has 2 aliphatic rings. The second kappa shape index (κ2) is 4.57. The summed E-state index contributed by atoms with van der Waals surface area (Å²) in [7, 11) is 0. The Hall–Kier alpha value is -2.04. The number of likely N-dealkylation sites (tertiary alicyclic amines) is 1. The molecule has 0 aromatic heterocycles. The van der Waals surface area contributed by atoms with Crippen LogP contribution in [0.5, 0.6) is 5.75 Å². The zero-order chi connectivity index (χ0) is 13.4. The van der Waals surface area contributed by atoms with Gasteiger partial charge in [0.1, 0.15) is 5.75 Å². The van der Waals surface area contributed by atoms with Crippen molar-refractivity contribution >= 4 is 11.8 Å². The van der Waals surface area contributed by atoms with Gasteiger partial charge in [0.25, 0.3) is 5.91 Å². The van der Waals surface area contributed by atoms with Crippen LogP contribution in [0.4, 0.5) is 0 Å². The molecule has 2 heterocycles.